The Kier molecular flexibility index (Phi) is 3.60. The Balaban J connectivity index is 1.65. The van der Waals surface area contributed by atoms with Crippen LogP contribution in [-0.4, -0.2) is 27.6 Å². The molecule has 2 aromatic rings. The summed E-state index contributed by atoms with van der Waals surface area (Å²) in [5, 5.41) is 3.22. The number of benzene rings is 1. The number of rotatable bonds is 5. The van der Waals surface area contributed by atoms with E-state index < -0.39 is 0 Å². The average Bonchev–Trinajstić information content (AvgIpc) is 2.38. The molecular formula is C15H19N5O. The van der Waals surface area contributed by atoms with Crippen molar-refractivity contribution in [1.82, 2.24) is 15.0 Å². The van der Waals surface area contributed by atoms with E-state index in [9.17, 15) is 0 Å². The molecule has 1 heterocycles. The summed E-state index contributed by atoms with van der Waals surface area (Å²) in [7, 11) is 0. The van der Waals surface area contributed by atoms with Crippen molar-refractivity contribution in [2.75, 3.05) is 17.6 Å². The first kappa shape index (κ1) is 13.6. The van der Waals surface area contributed by atoms with Crippen LogP contribution in [0.15, 0.2) is 24.3 Å². The van der Waals surface area contributed by atoms with Gasteiger partial charge in [0.15, 0.2) is 0 Å². The van der Waals surface area contributed by atoms with Crippen molar-refractivity contribution < 1.29 is 4.74 Å². The van der Waals surface area contributed by atoms with Crippen molar-refractivity contribution in [3.63, 3.8) is 0 Å². The highest BCUT2D eigenvalue weighted by molar-refractivity contribution is 5.42. The van der Waals surface area contributed by atoms with Gasteiger partial charge in [-0.2, -0.15) is 15.0 Å². The zero-order chi connectivity index (χ0) is 14.8. The van der Waals surface area contributed by atoms with Crippen LogP contribution < -0.4 is 15.8 Å². The summed E-state index contributed by atoms with van der Waals surface area (Å²) in [4.78, 5) is 12.3. The monoisotopic (exact) mass is 285 g/mol. The van der Waals surface area contributed by atoms with Crippen molar-refractivity contribution in [3.05, 3.63) is 35.4 Å². The molecule has 6 heteroatoms. The van der Waals surface area contributed by atoms with Gasteiger partial charge in [-0.25, -0.2) is 0 Å². The van der Waals surface area contributed by atoms with Crippen molar-refractivity contribution in [1.29, 1.82) is 0 Å². The minimum atomic E-state index is -0.00170. The number of nitrogens with zero attached hydrogens (tertiary/aromatic N) is 3. The Morgan fingerprint density at radius 1 is 1.29 bits per heavy atom. The molecule has 0 saturated carbocycles. The number of nitrogens with one attached hydrogen (secondary N) is 1. The molecule has 0 bridgehead atoms. The number of aromatic nitrogens is 3. The van der Waals surface area contributed by atoms with Crippen molar-refractivity contribution in [3.8, 4) is 6.01 Å². The summed E-state index contributed by atoms with van der Waals surface area (Å²) in [6, 6.07) is 8.74. The Bertz CT molecular complexity index is 644. The average molecular weight is 285 g/mol. The molecule has 1 unspecified atom stereocenters. The van der Waals surface area contributed by atoms with Crippen LogP contribution in [0.1, 0.15) is 30.9 Å². The minimum absolute atomic E-state index is 0.00170. The summed E-state index contributed by atoms with van der Waals surface area (Å²) in [5.74, 6) is 1.12. The highest BCUT2D eigenvalue weighted by Gasteiger charge is 2.25. The van der Waals surface area contributed by atoms with Crippen LogP contribution in [0.4, 0.5) is 11.9 Å². The maximum absolute atomic E-state index is 5.68. The molecule has 21 heavy (non-hydrogen) atoms. The van der Waals surface area contributed by atoms with Gasteiger partial charge in [0.05, 0.1) is 6.10 Å². The summed E-state index contributed by atoms with van der Waals surface area (Å²) in [6.45, 7) is 4.61. The zero-order valence-corrected chi connectivity index (χ0v) is 12.2. The lowest BCUT2D eigenvalue weighted by molar-refractivity contribution is 0.222. The van der Waals surface area contributed by atoms with E-state index in [4.69, 9.17) is 10.5 Å². The first-order valence-electron chi connectivity index (χ1n) is 7.11. The van der Waals surface area contributed by atoms with Crippen LogP contribution in [0.2, 0.25) is 0 Å². The maximum Gasteiger partial charge on any atom is 0.323 e. The fourth-order valence-electron chi connectivity index (χ4n) is 2.47. The number of nitrogen functional groups attached to an aromatic ring is 1. The molecule has 0 fully saturated rings. The van der Waals surface area contributed by atoms with E-state index in [1.54, 1.807) is 0 Å². The first-order chi connectivity index (χ1) is 10.1. The third-order valence-corrected chi connectivity index (χ3v) is 3.44. The molecule has 110 valence electrons. The Hall–Kier alpha value is -2.37. The molecule has 1 aliphatic carbocycles. The van der Waals surface area contributed by atoms with Crippen LogP contribution in [0.25, 0.3) is 0 Å². The summed E-state index contributed by atoms with van der Waals surface area (Å²) in [5.41, 5.74) is 8.50. The largest absolute Gasteiger partial charge is 0.461 e. The molecule has 1 aliphatic rings. The molecule has 0 aliphatic heterocycles. The highest BCUT2D eigenvalue weighted by atomic mass is 16.5. The quantitative estimate of drug-likeness (QED) is 0.873. The van der Waals surface area contributed by atoms with Crippen LogP contribution in [0, 0.1) is 0 Å². The van der Waals surface area contributed by atoms with Gasteiger partial charge in [-0.15, -0.1) is 0 Å². The van der Waals surface area contributed by atoms with E-state index in [0.717, 1.165) is 13.0 Å². The lowest BCUT2D eigenvalue weighted by Crippen LogP contribution is -2.25. The molecule has 3 N–H and O–H groups in total. The van der Waals surface area contributed by atoms with Gasteiger partial charge in [0.25, 0.3) is 0 Å². The van der Waals surface area contributed by atoms with Crippen LogP contribution in [0.5, 0.6) is 6.01 Å². The number of ether oxygens (including phenoxy) is 1. The van der Waals surface area contributed by atoms with Gasteiger partial charge in [0.1, 0.15) is 0 Å². The number of nitrogens with two attached hydrogens (primary N) is 1. The third kappa shape index (κ3) is 3.04. The SMILES string of the molecule is CC(C)Oc1nc(N)nc(NCC2Cc3ccccc32)n1. The smallest absolute Gasteiger partial charge is 0.323 e. The molecular weight excluding hydrogens is 266 g/mol. The fraction of sp³-hybridized carbons (Fsp3) is 0.400. The predicted octanol–water partition coefficient (Wildman–Crippen LogP) is 1.99. The predicted molar refractivity (Wildman–Crippen MR) is 81.4 cm³/mol. The van der Waals surface area contributed by atoms with E-state index in [2.05, 4.69) is 44.5 Å². The molecule has 3 rings (SSSR count). The van der Waals surface area contributed by atoms with Gasteiger partial charge in [-0.3, -0.25) is 0 Å². The molecule has 0 radical (unpaired) electrons. The summed E-state index contributed by atoms with van der Waals surface area (Å²) >= 11 is 0. The molecule has 1 aromatic carbocycles. The lowest BCUT2D eigenvalue weighted by atomic mass is 9.78. The lowest BCUT2D eigenvalue weighted by Gasteiger charge is -2.30. The van der Waals surface area contributed by atoms with Crippen LogP contribution >= 0.6 is 0 Å². The maximum atomic E-state index is 5.68. The van der Waals surface area contributed by atoms with Gasteiger partial charge in [-0.1, -0.05) is 24.3 Å². The van der Waals surface area contributed by atoms with Gasteiger partial charge < -0.3 is 15.8 Å². The first-order valence-corrected chi connectivity index (χ1v) is 7.11. The van der Waals surface area contributed by atoms with Crippen molar-refractivity contribution in [2.45, 2.75) is 32.3 Å². The van der Waals surface area contributed by atoms with Gasteiger partial charge in [-0.05, 0) is 31.4 Å². The number of fused-ring (bicyclic) bond motifs is 1. The number of hydrogen-bond donors (Lipinski definition) is 2. The number of anilines is 2. The Morgan fingerprint density at radius 2 is 2.10 bits per heavy atom. The topological polar surface area (TPSA) is 86.0 Å². The van der Waals surface area contributed by atoms with E-state index in [1.807, 2.05) is 13.8 Å². The molecule has 0 amide bonds. The second-order valence-corrected chi connectivity index (χ2v) is 5.45. The van der Waals surface area contributed by atoms with Crippen molar-refractivity contribution in [2.24, 2.45) is 0 Å². The van der Waals surface area contributed by atoms with Gasteiger partial charge in [0.2, 0.25) is 11.9 Å². The van der Waals surface area contributed by atoms with E-state index in [0.29, 0.717) is 11.9 Å². The normalized spacial score (nSPS) is 16.2. The van der Waals surface area contributed by atoms with Crippen LogP contribution in [-0.2, 0) is 6.42 Å². The highest BCUT2D eigenvalue weighted by Crippen LogP contribution is 2.34. The van der Waals surface area contributed by atoms with Gasteiger partial charge >= 0.3 is 6.01 Å². The summed E-state index contributed by atoms with van der Waals surface area (Å²) in [6.07, 6.45) is 1.08. The van der Waals surface area contributed by atoms with Crippen LogP contribution in [0.3, 0.4) is 0 Å². The minimum Gasteiger partial charge on any atom is -0.461 e. The van der Waals surface area contributed by atoms with E-state index in [-0.39, 0.29) is 18.1 Å². The van der Waals surface area contributed by atoms with E-state index in [1.165, 1.54) is 11.1 Å². The third-order valence-electron chi connectivity index (χ3n) is 3.44. The Morgan fingerprint density at radius 3 is 2.86 bits per heavy atom. The Labute approximate surface area is 123 Å². The standard InChI is InChI=1S/C15H19N5O/c1-9(2)21-15-19-13(16)18-14(20-15)17-8-11-7-10-5-3-4-6-12(10)11/h3-6,9,11H,7-8H2,1-2H3,(H3,16,17,18,19,20). The van der Waals surface area contributed by atoms with Gasteiger partial charge in [0, 0.05) is 12.5 Å². The molecule has 6 nitrogen and oxygen atoms in total. The fourth-order valence-corrected chi connectivity index (χ4v) is 2.47. The van der Waals surface area contributed by atoms with E-state index >= 15 is 0 Å². The second-order valence-electron chi connectivity index (χ2n) is 5.45. The van der Waals surface area contributed by atoms with Crippen molar-refractivity contribution >= 4 is 11.9 Å². The second kappa shape index (κ2) is 5.55. The molecule has 1 atom stereocenters. The molecule has 0 saturated heterocycles. The summed E-state index contributed by atoms with van der Waals surface area (Å²) < 4.78 is 5.46. The molecule has 0 spiro atoms. The number of hydrogen-bond acceptors (Lipinski definition) is 6. The molecule has 1 aromatic heterocycles. The zero-order valence-electron chi connectivity index (χ0n) is 12.2.